The largest absolute Gasteiger partial charge is 0.466 e. The maximum absolute atomic E-state index is 11.1. The lowest BCUT2D eigenvalue weighted by Crippen LogP contribution is -2.09. The van der Waals surface area contributed by atoms with Crippen molar-refractivity contribution in [3.63, 3.8) is 0 Å². The van der Waals surface area contributed by atoms with E-state index in [1.54, 1.807) is 0 Å². The number of esters is 2. The molecule has 0 aromatic heterocycles. The van der Waals surface area contributed by atoms with Crippen LogP contribution in [0, 0.1) is 0 Å². The molecule has 0 aliphatic rings. The molecular weight excluding hydrogens is 184 g/mol. The van der Waals surface area contributed by atoms with Crippen LogP contribution in [-0.4, -0.2) is 19.0 Å². The second-order valence-electron chi connectivity index (χ2n) is 2.84. The first-order valence-electron chi connectivity index (χ1n) is 4.03. The van der Waals surface area contributed by atoms with Crippen molar-refractivity contribution in [2.75, 3.05) is 7.11 Å². The summed E-state index contributed by atoms with van der Waals surface area (Å²) in [5.41, 5.74) is 0.545. The van der Waals surface area contributed by atoms with Gasteiger partial charge in [0.2, 0.25) is 0 Å². The lowest BCUT2D eigenvalue weighted by Gasteiger charge is -2.06. The molecule has 0 bridgehead atoms. The lowest BCUT2D eigenvalue weighted by molar-refractivity contribution is -0.137. The summed E-state index contributed by atoms with van der Waals surface area (Å²) in [6, 6.07) is 0. The van der Waals surface area contributed by atoms with Crippen LogP contribution in [0.1, 0.15) is 20.8 Å². The molecule has 0 aliphatic heterocycles. The maximum atomic E-state index is 11.1. The molecule has 0 unspecified atom stereocenters. The van der Waals surface area contributed by atoms with Crippen molar-refractivity contribution in [3.05, 3.63) is 23.5 Å². The van der Waals surface area contributed by atoms with Gasteiger partial charge in [-0.25, -0.2) is 9.59 Å². The van der Waals surface area contributed by atoms with Gasteiger partial charge in [-0.1, -0.05) is 6.58 Å². The van der Waals surface area contributed by atoms with Crippen LogP contribution in [0.4, 0.5) is 0 Å². The first kappa shape index (κ1) is 12.4. The van der Waals surface area contributed by atoms with Crippen LogP contribution < -0.4 is 0 Å². The zero-order valence-corrected chi connectivity index (χ0v) is 8.84. The molecule has 0 aromatic carbocycles. The van der Waals surface area contributed by atoms with Gasteiger partial charge in [0.1, 0.15) is 5.76 Å². The fraction of sp³-hybridized carbons (Fsp3) is 0.400. The van der Waals surface area contributed by atoms with Gasteiger partial charge in [0.15, 0.2) is 0 Å². The topological polar surface area (TPSA) is 52.6 Å². The van der Waals surface area contributed by atoms with Crippen LogP contribution in [0.2, 0.25) is 0 Å². The number of methoxy groups -OCH3 is 1. The first-order valence-corrected chi connectivity index (χ1v) is 4.03. The molecule has 0 fully saturated rings. The van der Waals surface area contributed by atoms with Crippen LogP contribution >= 0.6 is 0 Å². The van der Waals surface area contributed by atoms with Crippen molar-refractivity contribution in [3.8, 4) is 0 Å². The van der Waals surface area contributed by atoms with Gasteiger partial charge >= 0.3 is 11.9 Å². The van der Waals surface area contributed by atoms with E-state index in [9.17, 15) is 9.59 Å². The zero-order chi connectivity index (χ0) is 11.3. The molecule has 0 heterocycles. The smallest absolute Gasteiger partial charge is 0.338 e. The minimum atomic E-state index is -0.550. The molecule has 0 aliphatic carbocycles. The van der Waals surface area contributed by atoms with E-state index in [0.717, 1.165) is 0 Å². The zero-order valence-electron chi connectivity index (χ0n) is 8.84. The van der Waals surface area contributed by atoms with Crippen LogP contribution in [0.15, 0.2) is 23.5 Å². The first-order chi connectivity index (χ1) is 6.40. The van der Waals surface area contributed by atoms with Crippen LogP contribution in [-0.2, 0) is 19.1 Å². The number of ether oxygens (including phenoxy) is 2. The molecular formula is C10H14O4. The van der Waals surface area contributed by atoms with E-state index in [4.69, 9.17) is 4.74 Å². The minimum absolute atomic E-state index is 0.227. The molecule has 0 N–H and O–H groups in total. The summed E-state index contributed by atoms with van der Waals surface area (Å²) in [5.74, 6) is -0.840. The number of rotatable bonds is 3. The third-order valence-electron chi connectivity index (χ3n) is 1.61. The molecule has 0 saturated carbocycles. The van der Waals surface area contributed by atoms with Gasteiger partial charge in [0.25, 0.3) is 0 Å². The normalized spacial score (nSPS) is 11.4. The average molecular weight is 198 g/mol. The molecule has 4 heteroatoms. The van der Waals surface area contributed by atoms with Gasteiger partial charge in [-0.2, -0.15) is 0 Å². The van der Waals surface area contributed by atoms with E-state index >= 15 is 0 Å². The Bertz CT molecular complexity index is 299. The SMILES string of the molecule is C=C(C)C(=O)OC(C)=C(C)C(=O)OC. The molecule has 0 aromatic rings. The Balaban J connectivity index is 4.61. The predicted molar refractivity (Wildman–Crippen MR) is 51.3 cm³/mol. The van der Waals surface area contributed by atoms with Gasteiger partial charge in [-0.15, -0.1) is 0 Å². The fourth-order valence-corrected chi connectivity index (χ4v) is 0.600. The van der Waals surface area contributed by atoms with E-state index < -0.39 is 11.9 Å². The highest BCUT2D eigenvalue weighted by molar-refractivity contribution is 5.91. The Labute approximate surface area is 83.2 Å². The quantitative estimate of drug-likeness (QED) is 0.392. The number of hydrogen-bond acceptors (Lipinski definition) is 4. The van der Waals surface area contributed by atoms with Gasteiger partial charge in [0, 0.05) is 5.57 Å². The van der Waals surface area contributed by atoms with Gasteiger partial charge in [-0.05, 0) is 20.8 Å². The summed E-state index contributed by atoms with van der Waals surface area (Å²) in [6.07, 6.45) is 0. The Hall–Kier alpha value is -1.58. The third-order valence-corrected chi connectivity index (χ3v) is 1.61. The van der Waals surface area contributed by atoms with Gasteiger partial charge < -0.3 is 9.47 Å². The summed E-state index contributed by atoms with van der Waals surface area (Å²) in [6.45, 7) is 7.99. The van der Waals surface area contributed by atoms with Crippen LogP contribution in [0.3, 0.4) is 0 Å². The van der Waals surface area contributed by atoms with Crippen LogP contribution in [0.25, 0.3) is 0 Å². The van der Waals surface area contributed by atoms with Gasteiger partial charge in [0.05, 0.1) is 12.7 Å². The maximum Gasteiger partial charge on any atom is 0.338 e. The van der Waals surface area contributed by atoms with Crippen molar-refractivity contribution in [1.29, 1.82) is 0 Å². The second kappa shape index (κ2) is 5.21. The molecule has 78 valence electrons. The summed E-state index contributed by atoms with van der Waals surface area (Å²) < 4.78 is 9.30. The van der Waals surface area contributed by atoms with E-state index in [2.05, 4.69) is 11.3 Å². The van der Waals surface area contributed by atoms with Crippen molar-refractivity contribution in [2.24, 2.45) is 0 Å². The second-order valence-corrected chi connectivity index (χ2v) is 2.84. The average Bonchev–Trinajstić information content (AvgIpc) is 2.14. The summed E-state index contributed by atoms with van der Waals surface area (Å²) in [4.78, 5) is 22.1. The number of carbonyl (C=O) groups is 2. The van der Waals surface area contributed by atoms with E-state index in [-0.39, 0.29) is 16.9 Å². The highest BCUT2D eigenvalue weighted by Crippen LogP contribution is 2.08. The number of hydrogen-bond donors (Lipinski definition) is 0. The molecule has 0 rings (SSSR count). The van der Waals surface area contributed by atoms with E-state index in [1.807, 2.05) is 0 Å². The van der Waals surface area contributed by atoms with Crippen molar-refractivity contribution >= 4 is 11.9 Å². The van der Waals surface area contributed by atoms with E-state index in [1.165, 1.54) is 27.9 Å². The molecule has 0 radical (unpaired) electrons. The Morgan fingerprint density at radius 1 is 1.07 bits per heavy atom. The van der Waals surface area contributed by atoms with Crippen molar-refractivity contribution < 1.29 is 19.1 Å². The molecule has 4 nitrogen and oxygen atoms in total. The number of carbonyl (C=O) groups excluding carboxylic acids is 2. The van der Waals surface area contributed by atoms with Crippen molar-refractivity contribution in [1.82, 2.24) is 0 Å². The highest BCUT2D eigenvalue weighted by Gasteiger charge is 2.12. The summed E-state index contributed by atoms with van der Waals surface area (Å²) >= 11 is 0. The summed E-state index contributed by atoms with van der Waals surface area (Å²) in [5, 5.41) is 0. The molecule has 0 saturated heterocycles. The van der Waals surface area contributed by atoms with Crippen molar-refractivity contribution in [2.45, 2.75) is 20.8 Å². The third kappa shape index (κ3) is 3.43. The predicted octanol–water partition coefficient (Wildman–Crippen LogP) is 1.57. The van der Waals surface area contributed by atoms with E-state index in [0.29, 0.717) is 0 Å². The Kier molecular flexibility index (Phi) is 4.63. The standard InChI is InChI=1S/C10H14O4/c1-6(2)9(11)14-8(4)7(3)10(12)13-5/h1H2,2-5H3. The molecule has 14 heavy (non-hydrogen) atoms. The molecule has 0 atom stereocenters. The monoisotopic (exact) mass is 198 g/mol. The number of allylic oxidation sites excluding steroid dienone is 1. The minimum Gasteiger partial charge on any atom is -0.466 e. The lowest BCUT2D eigenvalue weighted by atomic mass is 10.2. The molecule has 0 spiro atoms. The Morgan fingerprint density at radius 3 is 1.93 bits per heavy atom. The van der Waals surface area contributed by atoms with Crippen LogP contribution in [0.5, 0.6) is 0 Å². The molecule has 0 amide bonds. The fourth-order valence-electron chi connectivity index (χ4n) is 0.600. The van der Waals surface area contributed by atoms with Gasteiger partial charge in [-0.3, -0.25) is 0 Å². The Morgan fingerprint density at radius 2 is 1.57 bits per heavy atom. The highest BCUT2D eigenvalue weighted by atomic mass is 16.5. The summed E-state index contributed by atoms with van der Waals surface area (Å²) in [7, 11) is 1.26.